The van der Waals surface area contributed by atoms with Crippen molar-refractivity contribution in [3.05, 3.63) is 61.2 Å². The molecule has 0 saturated carbocycles. The fourth-order valence-electron chi connectivity index (χ4n) is 3.94. The molecule has 0 radical (unpaired) electrons. The highest BCUT2D eigenvalue weighted by Crippen LogP contribution is 2.14. The lowest BCUT2D eigenvalue weighted by Gasteiger charge is -2.15. The van der Waals surface area contributed by atoms with E-state index in [0.29, 0.717) is 13.2 Å². The van der Waals surface area contributed by atoms with Crippen LogP contribution in [0.2, 0.25) is 0 Å². The molecule has 0 aliphatic carbocycles. The van der Waals surface area contributed by atoms with Crippen molar-refractivity contribution < 1.29 is 14.6 Å². The van der Waals surface area contributed by atoms with Crippen molar-refractivity contribution in [2.75, 3.05) is 19.8 Å². The molecule has 0 saturated heterocycles. The van der Waals surface area contributed by atoms with Gasteiger partial charge in [0.1, 0.15) is 6.10 Å². The van der Waals surface area contributed by atoms with Crippen LogP contribution in [0.25, 0.3) is 0 Å². The van der Waals surface area contributed by atoms with Crippen molar-refractivity contribution in [2.24, 2.45) is 0 Å². The summed E-state index contributed by atoms with van der Waals surface area (Å²) in [5, 5.41) is 9.45. The third-order valence-corrected chi connectivity index (χ3v) is 6.14. The van der Waals surface area contributed by atoms with Crippen LogP contribution in [-0.2, 0) is 16.1 Å². The lowest BCUT2D eigenvalue weighted by molar-refractivity contribution is -0.0473. The van der Waals surface area contributed by atoms with Crippen molar-refractivity contribution >= 4 is 0 Å². The summed E-state index contributed by atoms with van der Waals surface area (Å²) in [5.41, 5.74) is 1.15. The van der Waals surface area contributed by atoms with E-state index in [1.807, 2.05) is 30.3 Å². The molecule has 0 heterocycles. The number of aliphatic hydroxyl groups is 1. The van der Waals surface area contributed by atoms with E-state index in [0.717, 1.165) is 18.6 Å². The Morgan fingerprint density at radius 3 is 1.60 bits per heavy atom. The van der Waals surface area contributed by atoms with Gasteiger partial charge in [0.05, 0.1) is 19.8 Å². The number of hydrogen-bond donors (Lipinski definition) is 1. The highest BCUT2D eigenvalue weighted by Gasteiger charge is 2.08. The zero-order valence-corrected chi connectivity index (χ0v) is 22.9. The highest BCUT2D eigenvalue weighted by atomic mass is 16.5. The van der Waals surface area contributed by atoms with Gasteiger partial charge < -0.3 is 14.6 Å². The van der Waals surface area contributed by atoms with Gasteiger partial charge in [0.2, 0.25) is 0 Å². The van der Waals surface area contributed by atoms with Crippen molar-refractivity contribution in [3.63, 3.8) is 0 Å². The third-order valence-electron chi connectivity index (χ3n) is 6.14. The zero-order valence-electron chi connectivity index (χ0n) is 22.9. The van der Waals surface area contributed by atoms with E-state index in [2.05, 4.69) is 20.1 Å². The number of allylic oxidation sites excluding steroid dienone is 2. The van der Waals surface area contributed by atoms with E-state index in [1.54, 1.807) is 12.2 Å². The van der Waals surface area contributed by atoms with E-state index in [9.17, 15) is 5.11 Å². The standard InChI is InChI=1S/C28H50O3.C4H6/c1-2-3-4-5-6-7-8-9-10-11-12-13-14-15-16-20-23-31-28(24-29)26-30-25-27-21-18-17-19-22-27;1-3-4-2/h17-19,21-22,28-29H,2-16,20,23-26H2,1H3;3-4H,1-2H2. The van der Waals surface area contributed by atoms with Gasteiger partial charge in [-0.15, -0.1) is 0 Å². The van der Waals surface area contributed by atoms with E-state index in [1.165, 1.54) is 96.3 Å². The number of hydrogen-bond acceptors (Lipinski definition) is 3. The smallest absolute Gasteiger partial charge is 0.104 e. The number of unbranched alkanes of at least 4 members (excludes halogenated alkanes) is 15. The molecule has 1 rings (SSSR count). The Bertz CT molecular complexity index is 537. The van der Waals surface area contributed by atoms with Crippen molar-refractivity contribution in [3.8, 4) is 0 Å². The minimum absolute atomic E-state index is 0.0215. The van der Waals surface area contributed by atoms with E-state index in [-0.39, 0.29) is 12.7 Å². The Labute approximate surface area is 218 Å². The average Bonchev–Trinajstić information content (AvgIpc) is 2.90. The first-order valence-electron chi connectivity index (χ1n) is 14.4. The van der Waals surface area contributed by atoms with Gasteiger partial charge in [0.15, 0.2) is 0 Å². The minimum atomic E-state index is -0.208. The summed E-state index contributed by atoms with van der Waals surface area (Å²) < 4.78 is 11.4. The largest absolute Gasteiger partial charge is 0.394 e. The topological polar surface area (TPSA) is 38.7 Å². The first kappa shape index (κ1) is 33.6. The first-order chi connectivity index (χ1) is 17.3. The van der Waals surface area contributed by atoms with E-state index >= 15 is 0 Å². The summed E-state index contributed by atoms with van der Waals surface area (Å²) in [6.45, 7) is 10.8. The molecule has 1 unspecified atom stereocenters. The molecule has 1 aromatic carbocycles. The van der Waals surface area contributed by atoms with Crippen LogP contribution < -0.4 is 0 Å². The summed E-state index contributed by atoms with van der Waals surface area (Å²) in [7, 11) is 0. The second-order valence-corrected chi connectivity index (χ2v) is 9.45. The Morgan fingerprint density at radius 1 is 0.714 bits per heavy atom. The molecule has 1 atom stereocenters. The molecular weight excluding hydrogens is 432 g/mol. The maximum Gasteiger partial charge on any atom is 0.104 e. The fraction of sp³-hybridized carbons (Fsp3) is 0.688. The van der Waals surface area contributed by atoms with Gasteiger partial charge in [0.25, 0.3) is 0 Å². The van der Waals surface area contributed by atoms with E-state index in [4.69, 9.17) is 9.47 Å². The van der Waals surface area contributed by atoms with Crippen LogP contribution in [0, 0.1) is 0 Å². The van der Waals surface area contributed by atoms with Crippen molar-refractivity contribution in [2.45, 2.75) is 122 Å². The summed E-state index contributed by atoms with van der Waals surface area (Å²) in [6, 6.07) is 10.1. The molecule has 0 amide bonds. The van der Waals surface area contributed by atoms with Crippen LogP contribution in [0.5, 0.6) is 0 Å². The molecule has 0 aliphatic rings. The Morgan fingerprint density at radius 2 is 1.17 bits per heavy atom. The number of ether oxygens (including phenoxy) is 2. The molecule has 202 valence electrons. The molecule has 0 fully saturated rings. The quantitative estimate of drug-likeness (QED) is 0.116. The monoisotopic (exact) mass is 488 g/mol. The zero-order chi connectivity index (χ0) is 25.7. The number of rotatable bonds is 24. The third kappa shape index (κ3) is 25.5. The van der Waals surface area contributed by atoms with Crippen LogP contribution in [0.1, 0.15) is 115 Å². The summed E-state index contributed by atoms with van der Waals surface area (Å²) in [4.78, 5) is 0. The summed E-state index contributed by atoms with van der Waals surface area (Å²) in [6.07, 6.45) is 25.1. The van der Waals surface area contributed by atoms with Gasteiger partial charge in [-0.2, -0.15) is 0 Å². The normalized spacial score (nSPS) is 11.5. The summed E-state index contributed by atoms with van der Waals surface area (Å²) >= 11 is 0. The van der Waals surface area contributed by atoms with Crippen molar-refractivity contribution in [1.82, 2.24) is 0 Å². The molecule has 0 bridgehead atoms. The Hall–Kier alpha value is -1.42. The van der Waals surface area contributed by atoms with Gasteiger partial charge in [-0.05, 0) is 12.0 Å². The second kappa shape index (κ2) is 28.8. The Balaban J connectivity index is 0.00000267. The first-order valence-corrected chi connectivity index (χ1v) is 14.4. The number of benzene rings is 1. The molecule has 0 aliphatic heterocycles. The molecule has 0 aromatic heterocycles. The maximum absolute atomic E-state index is 9.45. The minimum Gasteiger partial charge on any atom is -0.394 e. The van der Waals surface area contributed by atoms with Gasteiger partial charge in [-0.3, -0.25) is 0 Å². The molecular formula is C32H56O3. The lowest BCUT2D eigenvalue weighted by atomic mass is 10.0. The Kier molecular flexibility index (Phi) is 27.6. The van der Waals surface area contributed by atoms with Gasteiger partial charge in [-0.25, -0.2) is 0 Å². The summed E-state index contributed by atoms with van der Waals surface area (Å²) in [5.74, 6) is 0. The highest BCUT2D eigenvalue weighted by molar-refractivity contribution is 5.13. The SMILES string of the molecule is C=CC=C.CCCCCCCCCCCCCCCCCCOC(CO)COCc1ccccc1. The van der Waals surface area contributed by atoms with Crippen molar-refractivity contribution in [1.29, 1.82) is 0 Å². The molecule has 0 spiro atoms. The van der Waals surface area contributed by atoms with E-state index < -0.39 is 0 Å². The molecule has 3 heteroatoms. The van der Waals surface area contributed by atoms with Gasteiger partial charge in [-0.1, -0.05) is 159 Å². The fourth-order valence-corrected chi connectivity index (χ4v) is 3.94. The number of aliphatic hydroxyl groups excluding tert-OH is 1. The van der Waals surface area contributed by atoms with Crippen LogP contribution in [0.3, 0.4) is 0 Å². The van der Waals surface area contributed by atoms with Crippen LogP contribution in [0.4, 0.5) is 0 Å². The lowest BCUT2D eigenvalue weighted by Crippen LogP contribution is -2.24. The molecule has 1 aromatic rings. The van der Waals surface area contributed by atoms with Crippen LogP contribution in [0.15, 0.2) is 55.6 Å². The predicted octanol–water partition coefficient (Wildman–Crippen LogP) is 9.20. The second-order valence-electron chi connectivity index (χ2n) is 9.45. The van der Waals surface area contributed by atoms with Crippen LogP contribution in [-0.4, -0.2) is 31.0 Å². The van der Waals surface area contributed by atoms with Gasteiger partial charge >= 0.3 is 0 Å². The molecule has 1 N–H and O–H groups in total. The molecule has 35 heavy (non-hydrogen) atoms. The molecule has 3 nitrogen and oxygen atoms in total. The van der Waals surface area contributed by atoms with Crippen LogP contribution >= 0.6 is 0 Å². The van der Waals surface area contributed by atoms with Gasteiger partial charge in [0, 0.05) is 6.61 Å². The average molecular weight is 489 g/mol. The predicted molar refractivity (Wildman–Crippen MR) is 153 cm³/mol. The maximum atomic E-state index is 9.45.